The number of aliphatic imine (C=N–C) groups is 1. The minimum absolute atomic E-state index is 0. The highest BCUT2D eigenvalue weighted by molar-refractivity contribution is 14.0. The Morgan fingerprint density at radius 3 is 2.44 bits per heavy atom. The molecule has 25 heavy (non-hydrogen) atoms. The Kier molecular flexibility index (Phi) is 14.7. The first kappa shape index (κ1) is 24.8. The number of halogens is 4. The van der Waals surface area contributed by atoms with Crippen LogP contribution in [0.4, 0.5) is 13.2 Å². The molecule has 1 aliphatic rings. The molecule has 0 bridgehead atoms. The number of nitrogens with zero attached hydrogens (tertiary/aromatic N) is 1. The van der Waals surface area contributed by atoms with E-state index in [4.69, 9.17) is 4.74 Å². The van der Waals surface area contributed by atoms with Crippen molar-refractivity contribution in [2.24, 2.45) is 4.99 Å². The monoisotopic (exact) mass is 479 g/mol. The van der Waals surface area contributed by atoms with Crippen LogP contribution in [0.1, 0.15) is 64.7 Å². The van der Waals surface area contributed by atoms with Gasteiger partial charge in [0.1, 0.15) is 0 Å². The maximum Gasteiger partial charge on any atom is 0.389 e. The number of hydrogen-bond acceptors (Lipinski definition) is 2. The molecule has 1 saturated carbocycles. The predicted octanol–water partition coefficient (Wildman–Crippen LogP) is 4.63. The molecule has 1 fully saturated rings. The Morgan fingerprint density at radius 2 is 1.80 bits per heavy atom. The van der Waals surface area contributed by atoms with Crippen molar-refractivity contribution in [1.29, 1.82) is 0 Å². The molecule has 1 rings (SSSR count). The molecule has 2 N–H and O–H groups in total. The lowest BCUT2D eigenvalue weighted by atomic mass is 9.98. The summed E-state index contributed by atoms with van der Waals surface area (Å²) in [5.41, 5.74) is 0. The number of hydrogen-bond donors (Lipinski definition) is 2. The number of guanidine groups is 1. The predicted molar refractivity (Wildman–Crippen MR) is 107 cm³/mol. The number of nitrogens with one attached hydrogen (secondary N) is 2. The third-order valence-corrected chi connectivity index (χ3v) is 4.00. The summed E-state index contributed by atoms with van der Waals surface area (Å²) in [6.45, 7) is 4.57. The lowest BCUT2D eigenvalue weighted by Crippen LogP contribution is -2.38. The summed E-state index contributed by atoms with van der Waals surface area (Å²) in [7, 11) is 0. The average Bonchev–Trinajstić information content (AvgIpc) is 2.54. The summed E-state index contributed by atoms with van der Waals surface area (Å²) >= 11 is 0. The zero-order valence-corrected chi connectivity index (χ0v) is 17.5. The highest BCUT2D eigenvalue weighted by Gasteiger charge is 2.25. The largest absolute Gasteiger partial charge is 0.389 e. The van der Waals surface area contributed by atoms with Crippen LogP contribution in [0, 0.1) is 0 Å². The molecule has 0 aromatic rings. The van der Waals surface area contributed by atoms with E-state index in [-0.39, 0.29) is 30.4 Å². The topological polar surface area (TPSA) is 45.7 Å². The highest BCUT2D eigenvalue weighted by atomic mass is 127. The number of rotatable bonds is 10. The van der Waals surface area contributed by atoms with Gasteiger partial charge in [0.05, 0.1) is 6.10 Å². The molecule has 4 nitrogen and oxygen atoms in total. The van der Waals surface area contributed by atoms with E-state index in [1.165, 1.54) is 32.1 Å². The highest BCUT2D eigenvalue weighted by Crippen LogP contribution is 2.22. The van der Waals surface area contributed by atoms with Crippen LogP contribution < -0.4 is 10.6 Å². The van der Waals surface area contributed by atoms with Gasteiger partial charge in [-0.1, -0.05) is 19.3 Å². The molecule has 150 valence electrons. The minimum Gasteiger partial charge on any atom is -0.378 e. The summed E-state index contributed by atoms with van der Waals surface area (Å²) in [6, 6.07) is 0. The van der Waals surface area contributed by atoms with Crippen LogP contribution in [0.5, 0.6) is 0 Å². The van der Waals surface area contributed by atoms with Crippen molar-refractivity contribution in [3.63, 3.8) is 0 Å². The first-order valence-electron chi connectivity index (χ1n) is 9.22. The fraction of sp³-hybridized carbons (Fsp3) is 0.941. The maximum atomic E-state index is 12.1. The fourth-order valence-electron chi connectivity index (χ4n) is 2.74. The molecule has 8 heteroatoms. The van der Waals surface area contributed by atoms with Gasteiger partial charge >= 0.3 is 6.18 Å². The molecular formula is C17H33F3IN3O. The number of alkyl halides is 3. The molecule has 0 aliphatic heterocycles. The lowest BCUT2D eigenvalue weighted by molar-refractivity contribution is -0.135. The molecule has 0 unspecified atom stereocenters. The van der Waals surface area contributed by atoms with Crippen LogP contribution in [0.15, 0.2) is 4.99 Å². The maximum absolute atomic E-state index is 12.1. The SMILES string of the molecule is CCNC(=NCCCOC1CCCCC1)NCCCCC(F)(F)F.I. The van der Waals surface area contributed by atoms with Gasteiger partial charge < -0.3 is 15.4 Å². The van der Waals surface area contributed by atoms with Gasteiger partial charge in [0, 0.05) is 32.7 Å². The summed E-state index contributed by atoms with van der Waals surface area (Å²) in [5, 5.41) is 6.18. The Balaban J connectivity index is 0.00000576. The Morgan fingerprint density at radius 1 is 1.08 bits per heavy atom. The Labute approximate surface area is 166 Å². The van der Waals surface area contributed by atoms with Crippen molar-refractivity contribution in [2.75, 3.05) is 26.2 Å². The smallest absolute Gasteiger partial charge is 0.378 e. The van der Waals surface area contributed by atoms with Gasteiger partial charge in [-0.3, -0.25) is 4.99 Å². The van der Waals surface area contributed by atoms with Crippen LogP contribution >= 0.6 is 24.0 Å². The fourth-order valence-corrected chi connectivity index (χ4v) is 2.74. The second kappa shape index (κ2) is 14.9. The zero-order valence-electron chi connectivity index (χ0n) is 15.2. The first-order valence-corrected chi connectivity index (χ1v) is 9.22. The molecule has 0 saturated heterocycles. The molecule has 0 heterocycles. The Bertz CT molecular complexity index is 349. The normalized spacial score (nSPS) is 16.4. The van der Waals surface area contributed by atoms with Crippen molar-refractivity contribution in [3.05, 3.63) is 0 Å². The van der Waals surface area contributed by atoms with E-state index in [2.05, 4.69) is 15.6 Å². The van der Waals surface area contributed by atoms with Crippen LogP contribution in [0.2, 0.25) is 0 Å². The molecule has 0 aromatic heterocycles. The second-order valence-electron chi connectivity index (χ2n) is 6.24. The Hall–Kier alpha value is -0.250. The van der Waals surface area contributed by atoms with Crippen LogP contribution in [-0.4, -0.2) is 44.5 Å². The van der Waals surface area contributed by atoms with Gasteiger partial charge in [0.2, 0.25) is 0 Å². The summed E-state index contributed by atoms with van der Waals surface area (Å²) in [4.78, 5) is 4.43. The molecule has 0 spiro atoms. The average molecular weight is 479 g/mol. The van der Waals surface area contributed by atoms with Crippen molar-refractivity contribution in [3.8, 4) is 0 Å². The number of ether oxygens (including phenoxy) is 1. The molecule has 0 atom stereocenters. The van der Waals surface area contributed by atoms with Gasteiger partial charge in [0.25, 0.3) is 0 Å². The third kappa shape index (κ3) is 14.6. The van der Waals surface area contributed by atoms with Crippen molar-refractivity contribution >= 4 is 29.9 Å². The van der Waals surface area contributed by atoms with Crippen molar-refractivity contribution in [1.82, 2.24) is 10.6 Å². The molecule has 0 amide bonds. The third-order valence-electron chi connectivity index (χ3n) is 4.00. The summed E-state index contributed by atoms with van der Waals surface area (Å²) in [5.74, 6) is 0.669. The van der Waals surface area contributed by atoms with Gasteiger partial charge in [-0.2, -0.15) is 13.2 Å². The van der Waals surface area contributed by atoms with Crippen LogP contribution in [0.25, 0.3) is 0 Å². The van der Waals surface area contributed by atoms with Gasteiger partial charge in [-0.25, -0.2) is 0 Å². The van der Waals surface area contributed by atoms with E-state index in [1.807, 2.05) is 6.92 Å². The van der Waals surface area contributed by atoms with E-state index in [0.717, 1.165) is 19.6 Å². The van der Waals surface area contributed by atoms with E-state index in [1.54, 1.807) is 0 Å². The van der Waals surface area contributed by atoms with Crippen LogP contribution in [-0.2, 0) is 4.74 Å². The minimum atomic E-state index is -4.06. The first-order chi connectivity index (χ1) is 11.5. The second-order valence-corrected chi connectivity index (χ2v) is 6.24. The standard InChI is InChI=1S/C17H32F3N3O.HI/c1-2-21-16(22-12-7-6-11-17(18,19)20)23-13-8-14-24-15-9-4-3-5-10-15;/h15H,2-14H2,1H3,(H2,21,22,23);1H. The quantitative estimate of drug-likeness (QED) is 0.208. The van der Waals surface area contributed by atoms with Gasteiger partial charge in [0.15, 0.2) is 5.96 Å². The van der Waals surface area contributed by atoms with E-state index in [9.17, 15) is 13.2 Å². The lowest BCUT2D eigenvalue weighted by Gasteiger charge is -2.21. The van der Waals surface area contributed by atoms with E-state index in [0.29, 0.717) is 31.6 Å². The van der Waals surface area contributed by atoms with E-state index >= 15 is 0 Å². The molecule has 0 radical (unpaired) electrons. The molecule has 1 aliphatic carbocycles. The van der Waals surface area contributed by atoms with Crippen LogP contribution in [0.3, 0.4) is 0 Å². The molecular weight excluding hydrogens is 446 g/mol. The summed E-state index contributed by atoms with van der Waals surface area (Å²) in [6.07, 6.45) is 3.33. The van der Waals surface area contributed by atoms with Crippen molar-refractivity contribution in [2.45, 2.75) is 77.0 Å². The zero-order chi connectivity index (χ0) is 17.7. The number of unbranched alkanes of at least 4 members (excludes halogenated alkanes) is 1. The van der Waals surface area contributed by atoms with Gasteiger partial charge in [-0.15, -0.1) is 24.0 Å². The molecule has 0 aromatic carbocycles. The van der Waals surface area contributed by atoms with Crippen molar-refractivity contribution < 1.29 is 17.9 Å². The van der Waals surface area contributed by atoms with E-state index < -0.39 is 12.6 Å². The summed E-state index contributed by atoms with van der Waals surface area (Å²) < 4.78 is 42.1. The van der Waals surface area contributed by atoms with Gasteiger partial charge in [-0.05, 0) is 39.0 Å².